The summed E-state index contributed by atoms with van der Waals surface area (Å²) in [4.78, 5) is 29.2. The van der Waals surface area contributed by atoms with Crippen molar-refractivity contribution in [3.05, 3.63) is 89.4 Å². The second-order valence-corrected chi connectivity index (χ2v) is 6.52. The van der Waals surface area contributed by atoms with Gasteiger partial charge in [-0.3, -0.25) is 14.6 Å². The van der Waals surface area contributed by atoms with Crippen molar-refractivity contribution in [1.82, 2.24) is 4.98 Å². The average Bonchev–Trinajstić information content (AvgIpc) is 3.09. The van der Waals surface area contributed by atoms with Gasteiger partial charge in [0.05, 0.1) is 7.11 Å². The maximum absolute atomic E-state index is 12.9. The first-order chi connectivity index (χ1) is 14.1. The van der Waals surface area contributed by atoms with Crippen LogP contribution in [0.2, 0.25) is 0 Å². The van der Waals surface area contributed by atoms with E-state index >= 15 is 0 Å². The maximum Gasteiger partial charge on any atom is 0.255 e. The average molecular weight is 386 g/mol. The smallest absolute Gasteiger partial charge is 0.255 e. The molecule has 6 nitrogen and oxygen atoms in total. The molecule has 2 aromatic carbocycles. The van der Waals surface area contributed by atoms with Crippen LogP contribution in [0.4, 0.5) is 5.69 Å². The molecule has 2 aromatic heterocycles. The molecule has 0 unspecified atom stereocenters. The number of hydrogen-bond donors (Lipinski definition) is 1. The molecule has 0 bridgehead atoms. The lowest BCUT2D eigenvalue weighted by atomic mass is 10.0. The van der Waals surface area contributed by atoms with Crippen LogP contribution in [0.15, 0.2) is 71.4 Å². The van der Waals surface area contributed by atoms with Gasteiger partial charge >= 0.3 is 0 Å². The molecule has 0 aliphatic rings. The minimum atomic E-state index is -0.247. The molecule has 0 radical (unpaired) electrons. The summed E-state index contributed by atoms with van der Waals surface area (Å²) in [5, 5.41) is 3.64. The Kier molecular flexibility index (Phi) is 4.83. The first-order valence-electron chi connectivity index (χ1n) is 9.00. The Bertz CT molecular complexity index is 1210. The molecule has 0 spiro atoms. The number of benzene rings is 2. The highest BCUT2D eigenvalue weighted by atomic mass is 16.5. The summed E-state index contributed by atoms with van der Waals surface area (Å²) >= 11 is 0. The predicted molar refractivity (Wildman–Crippen MR) is 110 cm³/mol. The predicted octanol–water partition coefficient (Wildman–Crippen LogP) is 4.63. The van der Waals surface area contributed by atoms with E-state index in [4.69, 9.17) is 9.15 Å². The van der Waals surface area contributed by atoms with Crippen LogP contribution >= 0.6 is 0 Å². The number of amides is 1. The number of anilines is 1. The summed E-state index contributed by atoms with van der Waals surface area (Å²) in [6, 6.07) is 15.5. The number of aryl methyl sites for hydroxylation is 1. The van der Waals surface area contributed by atoms with Crippen LogP contribution in [-0.2, 0) is 0 Å². The van der Waals surface area contributed by atoms with Crippen molar-refractivity contribution >= 4 is 28.3 Å². The SMILES string of the molecule is COc1cccc(C(=O)c2oc3cc(NC(=O)c4ccncc4)ccc3c2C)c1. The number of ether oxygens (including phenoxy) is 1. The van der Waals surface area contributed by atoms with Crippen LogP contribution in [0.3, 0.4) is 0 Å². The standard InChI is InChI=1S/C23H18N2O4/c1-14-19-7-6-17(25-23(27)15-8-10-24-11-9-15)13-20(19)29-22(14)21(26)16-4-3-5-18(12-16)28-2/h3-13H,1-2H3,(H,25,27). The molecule has 4 rings (SSSR count). The highest BCUT2D eigenvalue weighted by Crippen LogP contribution is 2.30. The topological polar surface area (TPSA) is 81.4 Å². The number of nitrogens with one attached hydrogen (secondary N) is 1. The van der Waals surface area contributed by atoms with E-state index in [2.05, 4.69) is 10.3 Å². The summed E-state index contributed by atoms with van der Waals surface area (Å²) < 4.78 is 11.1. The van der Waals surface area contributed by atoms with Crippen molar-refractivity contribution < 1.29 is 18.7 Å². The van der Waals surface area contributed by atoms with E-state index in [1.807, 2.05) is 13.0 Å². The number of furan rings is 1. The van der Waals surface area contributed by atoms with Gasteiger partial charge in [-0.1, -0.05) is 12.1 Å². The number of rotatable bonds is 5. The molecule has 1 amide bonds. The van der Waals surface area contributed by atoms with Crippen molar-refractivity contribution in [3.8, 4) is 5.75 Å². The van der Waals surface area contributed by atoms with Crippen molar-refractivity contribution in [1.29, 1.82) is 0 Å². The molecule has 2 heterocycles. The van der Waals surface area contributed by atoms with E-state index in [0.29, 0.717) is 28.1 Å². The summed E-state index contributed by atoms with van der Waals surface area (Å²) in [7, 11) is 1.55. The molecule has 144 valence electrons. The number of carbonyl (C=O) groups is 2. The number of aromatic nitrogens is 1. The minimum Gasteiger partial charge on any atom is -0.497 e. The largest absolute Gasteiger partial charge is 0.497 e. The summed E-state index contributed by atoms with van der Waals surface area (Å²) in [5.41, 5.74) is 2.84. The van der Waals surface area contributed by atoms with E-state index < -0.39 is 0 Å². The summed E-state index contributed by atoms with van der Waals surface area (Å²) in [5.74, 6) is 0.402. The Morgan fingerprint density at radius 3 is 2.55 bits per heavy atom. The fourth-order valence-electron chi connectivity index (χ4n) is 3.12. The van der Waals surface area contributed by atoms with Gasteiger partial charge in [-0.2, -0.15) is 0 Å². The first-order valence-corrected chi connectivity index (χ1v) is 9.00. The third-order valence-corrected chi connectivity index (χ3v) is 4.68. The van der Waals surface area contributed by atoms with Gasteiger partial charge in [0, 0.05) is 46.2 Å². The third-order valence-electron chi connectivity index (χ3n) is 4.68. The van der Waals surface area contributed by atoms with E-state index in [9.17, 15) is 9.59 Å². The zero-order valence-corrected chi connectivity index (χ0v) is 15.9. The fourth-order valence-corrected chi connectivity index (χ4v) is 3.12. The second-order valence-electron chi connectivity index (χ2n) is 6.52. The van der Waals surface area contributed by atoms with Crippen molar-refractivity contribution in [2.45, 2.75) is 6.92 Å². The maximum atomic E-state index is 12.9. The third kappa shape index (κ3) is 3.60. The molecular formula is C23H18N2O4. The molecule has 4 aromatic rings. The molecule has 0 saturated heterocycles. The number of fused-ring (bicyclic) bond motifs is 1. The quantitative estimate of drug-likeness (QED) is 0.506. The van der Waals surface area contributed by atoms with Crippen LogP contribution in [0, 0.1) is 6.92 Å². The molecule has 0 fully saturated rings. The molecular weight excluding hydrogens is 368 g/mol. The lowest BCUT2D eigenvalue weighted by Gasteiger charge is -2.04. The summed E-state index contributed by atoms with van der Waals surface area (Å²) in [6.07, 6.45) is 3.12. The Morgan fingerprint density at radius 2 is 1.79 bits per heavy atom. The number of nitrogens with zero attached hydrogens (tertiary/aromatic N) is 1. The number of ketones is 1. The molecule has 1 N–H and O–H groups in total. The van der Waals surface area contributed by atoms with Crippen molar-refractivity contribution in [2.75, 3.05) is 12.4 Å². The van der Waals surface area contributed by atoms with E-state index in [1.165, 1.54) is 0 Å². The van der Waals surface area contributed by atoms with E-state index in [-0.39, 0.29) is 17.5 Å². The van der Waals surface area contributed by atoms with Crippen LogP contribution in [0.5, 0.6) is 5.75 Å². The van der Waals surface area contributed by atoms with E-state index in [1.54, 1.807) is 68.0 Å². The molecule has 0 aliphatic heterocycles. The molecule has 6 heteroatoms. The van der Waals surface area contributed by atoms with Gasteiger partial charge in [0.15, 0.2) is 5.76 Å². The first kappa shape index (κ1) is 18.4. The van der Waals surface area contributed by atoms with Gasteiger partial charge < -0.3 is 14.5 Å². The fraction of sp³-hybridized carbons (Fsp3) is 0.0870. The van der Waals surface area contributed by atoms with E-state index in [0.717, 1.165) is 10.9 Å². The Labute approximate surface area is 167 Å². The molecule has 0 saturated carbocycles. The van der Waals surface area contributed by atoms with Gasteiger partial charge in [0.25, 0.3) is 5.91 Å². The van der Waals surface area contributed by atoms with Crippen LogP contribution in [-0.4, -0.2) is 23.8 Å². The molecule has 0 atom stereocenters. The van der Waals surface area contributed by atoms with Gasteiger partial charge in [-0.15, -0.1) is 0 Å². The molecule has 29 heavy (non-hydrogen) atoms. The van der Waals surface area contributed by atoms with Crippen LogP contribution in [0.1, 0.15) is 32.0 Å². The van der Waals surface area contributed by atoms with Crippen molar-refractivity contribution in [2.24, 2.45) is 0 Å². The minimum absolute atomic E-state index is 0.222. The Morgan fingerprint density at radius 1 is 1.00 bits per heavy atom. The van der Waals surface area contributed by atoms with Gasteiger partial charge in [-0.25, -0.2) is 0 Å². The van der Waals surface area contributed by atoms with Crippen molar-refractivity contribution in [3.63, 3.8) is 0 Å². The summed E-state index contributed by atoms with van der Waals surface area (Å²) in [6.45, 7) is 1.84. The lowest BCUT2D eigenvalue weighted by molar-refractivity contribution is 0.101. The second kappa shape index (κ2) is 7.59. The Hall–Kier alpha value is -3.93. The number of carbonyl (C=O) groups excluding carboxylic acids is 2. The van der Waals surface area contributed by atoms with Gasteiger partial charge in [0.1, 0.15) is 11.3 Å². The highest BCUT2D eigenvalue weighted by molar-refractivity contribution is 6.11. The lowest BCUT2D eigenvalue weighted by Crippen LogP contribution is -2.11. The van der Waals surface area contributed by atoms with Gasteiger partial charge in [-0.05, 0) is 43.3 Å². The van der Waals surface area contributed by atoms with Gasteiger partial charge in [0.2, 0.25) is 5.78 Å². The number of methoxy groups -OCH3 is 1. The zero-order valence-electron chi connectivity index (χ0n) is 15.9. The zero-order chi connectivity index (χ0) is 20.4. The highest BCUT2D eigenvalue weighted by Gasteiger charge is 2.20. The Balaban J connectivity index is 1.65. The normalized spacial score (nSPS) is 10.7. The van der Waals surface area contributed by atoms with Crippen LogP contribution in [0.25, 0.3) is 11.0 Å². The monoisotopic (exact) mass is 386 g/mol. The van der Waals surface area contributed by atoms with Crippen LogP contribution < -0.4 is 10.1 Å². The number of hydrogen-bond acceptors (Lipinski definition) is 5. The number of pyridine rings is 1. The molecule has 0 aliphatic carbocycles.